The van der Waals surface area contributed by atoms with E-state index in [9.17, 15) is 10.1 Å². The van der Waals surface area contributed by atoms with E-state index in [1.54, 1.807) is 13.8 Å². The van der Waals surface area contributed by atoms with Gasteiger partial charge in [0.05, 0.1) is 27.5 Å². The lowest BCUT2D eigenvalue weighted by Crippen LogP contribution is -2.23. The Morgan fingerprint density at radius 2 is 2.13 bits per heavy atom. The van der Waals surface area contributed by atoms with Crippen LogP contribution in [-0.4, -0.2) is 30.4 Å². The van der Waals surface area contributed by atoms with Crippen LogP contribution in [0.2, 0.25) is 0 Å². The molecule has 0 N–H and O–H groups in total. The summed E-state index contributed by atoms with van der Waals surface area (Å²) < 4.78 is 1.30. The van der Waals surface area contributed by atoms with Crippen LogP contribution < -0.4 is 0 Å². The molecule has 0 aromatic carbocycles. The summed E-state index contributed by atoms with van der Waals surface area (Å²) in [5.74, 6) is -0.141. The monoisotopic (exact) mass is 203 g/mol. The van der Waals surface area contributed by atoms with Crippen LogP contribution in [-0.2, 0) is 5.21 Å². The van der Waals surface area contributed by atoms with E-state index < -0.39 is 10.1 Å². The molecular weight excluding hydrogens is 192 g/mol. The van der Waals surface area contributed by atoms with Crippen LogP contribution in [0, 0.1) is 10.1 Å². The molecule has 1 heterocycles. The van der Waals surface area contributed by atoms with Crippen molar-refractivity contribution >= 4 is 21.5 Å². The van der Waals surface area contributed by atoms with E-state index in [4.69, 9.17) is 15.7 Å². The maximum atomic E-state index is 10.9. The first-order chi connectivity index (χ1) is 6.75. The summed E-state index contributed by atoms with van der Waals surface area (Å²) in [4.78, 5) is 10.4. The average molecular weight is 203 g/mol. The Hall–Kier alpha value is -1.26. The number of aromatic nitrogens is 2. The third kappa shape index (κ3) is 2.22. The fraction of sp³-hybridized carbons (Fsp3) is 0.625. The van der Waals surface area contributed by atoms with Gasteiger partial charge in [0.25, 0.3) is 0 Å². The molecule has 0 unspecified atom stereocenters. The normalized spacial score (nSPS) is 12.0. The fourth-order valence-corrected chi connectivity index (χ4v) is 1.30. The van der Waals surface area contributed by atoms with Gasteiger partial charge in [-0.2, -0.15) is 0 Å². The lowest BCUT2D eigenvalue weighted by molar-refractivity contribution is -0.393. The molecule has 0 fully saturated rings. The van der Waals surface area contributed by atoms with Gasteiger partial charge in [-0.3, -0.25) is 0 Å². The molecule has 0 aliphatic rings. The summed E-state index contributed by atoms with van der Waals surface area (Å²) in [7, 11) is 11.3. The predicted molar refractivity (Wildman–Crippen MR) is 58.1 cm³/mol. The standard InChI is InChI=1S/C8H11B2N3O2/c1-5(2)12-7(13(14)15)6(4-11-12)8(3,9)10/h4-5H,1-3H3. The molecule has 0 aliphatic carbocycles. The van der Waals surface area contributed by atoms with Gasteiger partial charge in [-0.15, -0.1) is 4.68 Å². The first-order valence-corrected chi connectivity index (χ1v) is 4.55. The van der Waals surface area contributed by atoms with Crippen molar-refractivity contribution in [3.8, 4) is 0 Å². The summed E-state index contributed by atoms with van der Waals surface area (Å²) in [5, 5.41) is 13.6. The van der Waals surface area contributed by atoms with Crippen LogP contribution in [0.3, 0.4) is 0 Å². The lowest BCUT2D eigenvalue weighted by atomic mass is 9.53. The van der Waals surface area contributed by atoms with Gasteiger partial charge >= 0.3 is 5.82 Å². The van der Waals surface area contributed by atoms with Crippen LogP contribution in [0.1, 0.15) is 32.4 Å². The molecule has 1 aromatic heterocycles. The number of nitrogens with zero attached hydrogens (tertiary/aromatic N) is 3. The Balaban J connectivity index is 3.37. The maximum Gasteiger partial charge on any atom is 0.347 e. The SMILES string of the molecule is [B]C([B])(C)c1cnn(C(C)C)c1[N+](=O)[O-]. The van der Waals surface area contributed by atoms with Gasteiger partial charge in [0.2, 0.25) is 0 Å². The Bertz CT molecular complexity index is 382. The van der Waals surface area contributed by atoms with Crippen molar-refractivity contribution in [3.05, 3.63) is 21.9 Å². The number of hydrogen-bond acceptors (Lipinski definition) is 3. The summed E-state index contributed by atoms with van der Waals surface area (Å²) in [6.07, 6.45) is 1.35. The maximum absolute atomic E-state index is 10.9. The first kappa shape index (κ1) is 11.8. The Kier molecular flexibility index (Phi) is 2.93. The minimum absolute atomic E-state index is 0.110. The van der Waals surface area contributed by atoms with Crippen LogP contribution in [0.5, 0.6) is 0 Å². The smallest absolute Gasteiger partial charge is 0.347 e. The number of hydrogen-bond donors (Lipinski definition) is 0. The first-order valence-electron chi connectivity index (χ1n) is 4.55. The molecule has 0 aliphatic heterocycles. The molecule has 0 saturated heterocycles. The fourth-order valence-electron chi connectivity index (χ4n) is 1.30. The van der Waals surface area contributed by atoms with Gasteiger partial charge in [0, 0.05) is 0 Å². The van der Waals surface area contributed by atoms with Crippen LogP contribution in [0.15, 0.2) is 6.20 Å². The minimum Gasteiger partial charge on any atom is -0.358 e. The molecule has 5 nitrogen and oxygen atoms in total. The van der Waals surface area contributed by atoms with Crippen LogP contribution in [0.25, 0.3) is 0 Å². The van der Waals surface area contributed by atoms with Gasteiger partial charge in [0.1, 0.15) is 6.04 Å². The van der Waals surface area contributed by atoms with Gasteiger partial charge in [0.15, 0.2) is 0 Å². The van der Waals surface area contributed by atoms with E-state index in [2.05, 4.69) is 5.10 Å². The van der Waals surface area contributed by atoms with Crippen molar-refractivity contribution in [2.45, 2.75) is 32.0 Å². The molecule has 1 rings (SSSR count). The number of nitro groups is 1. The summed E-state index contributed by atoms with van der Waals surface area (Å²) in [5.41, 5.74) is 0.237. The molecule has 4 radical (unpaired) electrons. The van der Waals surface area contributed by atoms with Crippen molar-refractivity contribution < 1.29 is 4.92 Å². The van der Waals surface area contributed by atoms with Crippen molar-refractivity contribution in [2.24, 2.45) is 0 Å². The third-order valence-electron chi connectivity index (χ3n) is 2.01. The van der Waals surface area contributed by atoms with E-state index in [0.29, 0.717) is 0 Å². The van der Waals surface area contributed by atoms with Crippen molar-refractivity contribution in [3.63, 3.8) is 0 Å². The zero-order valence-corrected chi connectivity index (χ0v) is 8.97. The Labute approximate surface area is 90.8 Å². The molecule has 76 valence electrons. The molecule has 0 spiro atoms. The van der Waals surface area contributed by atoms with Crippen LogP contribution in [0.4, 0.5) is 5.82 Å². The van der Waals surface area contributed by atoms with E-state index in [0.717, 1.165) is 0 Å². The second-order valence-electron chi connectivity index (χ2n) is 3.96. The minimum atomic E-state index is -1.25. The van der Waals surface area contributed by atoms with Gasteiger partial charge in [-0.25, -0.2) is 0 Å². The molecule has 0 atom stereocenters. The van der Waals surface area contributed by atoms with Crippen molar-refractivity contribution in [1.29, 1.82) is 0 Å². The quantitative estimate of drug-likeness (QED) is 0.416. The van der Waals surface area contributed by atoms with Crippen molar-refractivity contribution in [2.75, 3.05) is 0 Å². The van der Waals surface area contributed by atoms with E-state index in [1.165, 1.54) is 17.8 Å². The molecule has 0 saturated carbocycles. The molecule has 15 heavy (non-hydrogen) atoms. The highest BCUT2D eigenvalue weighted by atomic mass is 16.6. The molecule has 1 aromatic rings. The van der Waals surface area contributed by atoms with Gasteiger partial charge in [-0.05, 0) is 18.8 Å². The highest BCUT2D eigenvalue weighted by molar-refractivity contribution is 6.40. The predicted octanol–water partition coefficient (Wildman–Crippen LogP) is 0.882. The second kappa shape index (κ2) is 3.72. The summed E-state index contributed by atoms with van der Waals surface area (Å²) >= 11 is 0. The molecule has 0 amide bonds. The summed E-state index contributed by atoms with van der Waals surface area (Å²) in [6, 6.07) is -0.110. The van der Waals surface area contributed by atoms with E-state index >= 15 is 0 Å². The highest BCUT2D eigenvalue weighted by Crippen LogP contribution is 2.28. The number of rotatable bonds is 3. The molecule has 7 heteroatoms. The Morgan fingerprint density at radius 1 is 1.60 bits per heavy atom. The molecule has 0 bridgehead atoms. The zero-order valence-electron chi connectivity index (χ0n) is 8.97. The highest BCUT2D eigenvalue weighted by Gasteiger charge is 2.30. The topological polar surface area (TPSA) is 61.0 Å². The van der Waals surface area contributed by atoms with E-state index in [1.807, 2.05) is 0 Å². The third-order valence-corrected chi connectivity index (χ3v) is 2.01. The van der Waals surface area contributed by atoms with E-state index in [-0.39, 0.29) is 17.4 Å². The van der Waals surface area contributed by atoms with Crippen molar-refractivity contribution in [1.82, 2.24) is 9.78 Å². The Morgan fingerprint density at radius 3 is 2.47 bits per heavy atom. The van der Waals surface area contributed by atoms with Crippen LogP contribution >= 0.6 is 0 Å². The largest absolute Gasteiger partial charge is 0.358 e. The zero-order chi connectivity index (χ0) is 11.8. The second-order valence-corrected chi connectivity index (χ2v) is 3.96. The average Bonchev–Trinajstić information content (AvgIpc) is 2.45. The van der Waals surface area contributed by atoms with Gasteiger partial charge in [-0.1, -0.05) is 17.2 Å². The van der Waals surface area contributed by atoms with Gasteiger partial charge < -0.3 is 10.1 Å². The lowest BCUT2D eigenvalue weighted by Gasteiger charge is -2.16. The summed E-state index contributed by atoms with van der Waals surface area (Å²) in [6.45, 7) is 5.10. The molecular formula is C8H11B2N3O2.